The van der Waals surface area contributed by atoms with Gasteiger partial charge in [0.05, 0.1) is 24.5 Å². The van der Waals surface area contributed by atoms with Gasteiger partial charge in [0.15, 0.2) is 16.6 Å². The van der Waals surface area contributed by atoms with Crippen molar-refractivity contribution < 1.29 is 42.5 Å². The number of urea groups is 1. The molecule has 2 aromatic rings. The molecule has 41 heavy (non-hydrogen) atoms. The lowest BCUT2D eigenvalue weighted by atomic mass is 9.98. The van der Waals surface area contributed by atoms with Gasteiger partial charge >= 0.3 is 16.3 Å². The number of β-lactam (4-membered cyclic amide) rings is 1. The number of nitrogens with two attached hydrogens (primary N) is 1. The van der Waals surface area contributed by atoms with E-state index in [1.165, 1.54) is 5.38 Å². The van der Waals surface area contributed by atoms with Gasteiger partial charge in [-0.15, -0.1) is 11.3 Å². The van der Waals surface area contributed by atoms with Crippen LogP contribution in [0.25, 0.3) is 0 Å². The second-order valence-corrected chi connectivity index (χ2v) is 11.3. The van der Waals surface area contributed by atoms with E-state index >= 15 is 0 Å². The topological polar surface area (TPSA) is 268 Å². The molecule has 0 aromatic carbocycles. The number of pyridine rings is 1. The van der Waals surface area contributed by atoms with Crippen LogP contribution >= 0.6 is 11.3 Å². The Balaban J connectivity index is 1.44. The summed E-state index contributed by atoms with van der Waals surface area (Å²) in [5.41, 5.74) is 4.52. The number of carbonyl (C=O) groups is 3. The molecule has 18 nitrogen and oxygen atoms in total. The van der Waals surface area contributed by atoms with E-state index in [2.05, 4.69) is 26.1 Å². The van der Waals surface area contributed by atoms with Gasteiger partial charge in [0.2, 0.25) is 5.43 Å². The first-order valence-electron chi connectivity index (χ1n) is 12.1. The minimum Gasteiger partial charge on any atom is -0.503 e. The van der Waals surface area contributed by atoms with Crippen LogP contribution in [0.4, 0.5) is 9.93 Å². The zero-order valence-electron chi connectivity index (χ0n) is 21.1. The van der Waals surface area contributed by atoms with Crippen molar-refractivity contribution in [3.63, 3.8) is 0 Å². The third kappa shape index (κ3) is 6.84. The molecule has 3 heterocycles. The lowest BCUT2D eigenvalue weighted by Crippen LogP contribution is -2.74. The van der Waals surface area contributed by atoms with Gasteiger partial charge in [-0.1, -0.05) is 5.16 Å². The average molecular weight is 615 g/mol. The number of thiazole rings is 1. The molecule has 2 aromatic heterocycles. The summed E-state index contributed by atoms with van der Waals surface area (Å²) in [6.07, 6.45) is 3.85. The number of hydrogen-bond donors (Lipinski definition) is 7. The van der Waals surface area contributed by atoms with E-state index in [1.54, 1.807) is 0 Å². The van der Waals surface area contributed by atoms with E-state index in [0.717, 1.165) is 49.3 Å². The molecule has 8 N–H and O–H groups in total. The molecule has 0 unspecified atom stereocenters. The maximum absolute atomic E-state index is 13.1. The molecule has 1 aliphatic heterocycles. The summed E-state index contributed by atoms with van der Waals surface area (Å²) >= 11 is 1.03. The van der Waals surface area contributed by atoms with Crippen molar-refractivity contribution in [2.24, 2.45) is 5.16 Å². The van der Waals surface area contributed by atoms with Crippen LogP contribution in [0.5, 0.6) is 5.75 Å². The SMILES string of the molecule is Nc1nc(/C(=N/OC2CCCC2)C(=O)N[C@@H]2C(=O)N(S(=O)(=O)O)[C@@H]2CNC(=O)NCc2cc(=O)c(O)cn2O)cs1. The van der Waals surface area contributed by atoms with E-state index in [1.807, 2.05) is 0 Å². The maximum atomic E-state index is 13.1. The van der Waals surface area contributed by atoms with Crippen molar-refractivity contribution in [2.45, 2.75) is 50.4 Å². The summed E-state index contributed by atoms with van der Waals surface area (Å²) in [6.45, 7) is -0.945. The smallest absolute Gasteiger partial charge is 0.362 e. The molecular weight excluding hydrogens is 588 g/mol. The van der Waals surface area contributed by atoms with Crippen LogP contribution in [-0.2, 0) is 31.3 Å². The van der Waals surface area contributed by atoms with Crippen LogP contribution < -0.4 is 27.1 Å². The molecule has 1 saturated heterocycles. The molecule has 2 fully saturated rings. The zero-order chi connectivity index (χ0) is 29.9. The van der Waals surface area contributed by atoms with Gasteiger partial charge in [0, 0.05) is 18.0 Å². The van der Waals surface area contributed by atoms with E-state index < -0.39 is 58.0 Å². The van der Waals surface area contributed by atoms with Crippen LogP contribution in [0.2, 0.25) is 0 Å². The van der Waals surface area contributed by atoms with Gasteiger partial charge in [0.25, 0.3) is 11.8 Å². The number of anilines is 1. The number of aromatic nitrogens is 2. The van der Waals surface area contributed by atoms with Crippen LogP contribution in [-0.4, -0.2) is 85.6 Å². The number of nitrogens with one attached hydrogen (secondary N) is 3. The second-order valence-electron chi connectivity index (χ2n) is 9.08. The van der Waals surface area contributed by atoms with Gasteiger partial charge < -0.3 is 36.8 Å². The fourth-order valence-corrected chi connectivity index (χ4v) is 5.64. The number of nitrogen functional groups attached to an aromatic ring is 1. The third-order valence-corrected chi connectivity index (χ3v) is 7.89. The van der Waals surface area contributed by atoms with Gasteiger partial charge in [-0.2, -0.15) is 13.1 Å². The number of nitrogens with zero attached hydrogens (tertiary/aromatic N) is 4. The molecule has 0 spiro atoms. The van der Waals surface area contributed by atoms with Crippen LogP contribution in [0.3, 0.4) is 0 Å². The van der Waals surface area contributed by atoms with E-state index in [0.29, 0.717) is 4.73 Å². The highest BCUT2D eigenvalue weighted by Gasteiger charge is 2.54. The molecule has 2 aliphatic rings. The monoisotopic (exact) mass is 614 g/mol. The molecule has 1 aliphatic carbocycles. The summed E-state index contributed by atoms with van der Waals surface area (Å²) in [6, 6.07) is -2.99. The molecule has 20 heteroatoms. The van der Waals surface area contributed by atoms with Gasteiger partial charge in [-0.25, -0.2) is 14.1 Å². The van der Waals surface area contributed by atoms with Crippen molar-refractivity contribution in [3.8, 4) is 5.75 Å². The van der Waals surface area contributed by atoms with Crippen molar-refractivity contribution >= 4 is 50.3 Å². The molecule has 1 saturated carbocycles. The molecule has 4 rings (SSSR count). The van der Waals surface area contributed by atoms with Crippen LogP contribution in [0.1, 0.15) is 37.1 Å². The minimum absolute atomic E-state index is 0.0621. The number of aromatic hydroxyl groups is 1. The summed E-state index contributed by atoms with van der Waals surface area (Å²) in [7, 11) is -5.06. The maximum Gasteiger partial charge on any atom is 0.362 e. The Kier molecular flexibility index (Phi) is 8.63. The summed E-state index contributed by atoms with van der Waals surface area (Å²) < 4.78 is 33.6. The third-order valence-electron chi connectivity index (χ3n) is 6.27. The number of carbonyl (C=O) groups excluding carboxylic acids is 3. The summed E-state index contributed by atoms with van der Waals surface area (Å²) in [5.74, 6) is -2.83. The predicted molar refractivity (Wildman–Crippen MR) is 140 cm³/mol. The number of hydrogen-bond acceptors (Lipinski definition) is 13. The summed E-state index contributed by atoms with van der Waals surface area (Å²) in [4.78, 5) is 59.1. The Labute approximate surface area is 235 Å². The first-order chi connectivity index (χ1) is 19.3. The normalized spacial score (nSPS) is 19.5. The summed E-state index contributed by atoms with van der Waals surface area (Å²) in [5, 5.41) is 31.5. The number of rotatable bonds is 10. The second kappa shape index (κ2) is 12.0. The quantitative estimate of drug-likeness (QED) is 0.0529. The predicted octanol–water partition coefficient (Wildman–Crippen LogP) is -1.51. The Morgan fingerprint density at radius 1 is 1.24 bits per heavy atom. The van der Waals surface area contributed by atoms with E-state index in [9.17, 15) is 42.5 Å². The van der Waals surface area contributed by atoms with Crippen molar-refractivity contribution in [2.75, 3.05) is 12.3 Å². The van der Waals surface area contributed by atoms with E-state index in [4.69, 9.17) is 10.6 Å². The van der Waals surface area contributed by atoms with Crippen molar-refractivity contribution in [3.05, 3.63) is 39.3 Å². The number of amides is 4. The fourth-order valence-electron chi connectivity index (χ4n) is 4.21. The Morgan fingerprint density at radius 3 is 2.59 bits per heavy atom. The highest BCUT2D eigenvalue weighted by molar-refractivity contribution is 7.84. The highest BCUT2D eigenvalue weighted by atomic mass is 32.2. The largest absolute Gasteiger partial charge is 0.503 e. The van der Waals surface area contributed by atoms with Crippen molar-refractivity contribution in [1.29, 1.82) is 0 Å². The molecule has 0 radical (unpaired) electrons. The molecule has 4 amide bonds. The Bertz CT molecular complexity index is 1530. The Hall–Kier alpha value is -4.43. The van der Waals surface area contributed by atoms with Gasteiger partial charge in [0.1, 0.15) is 17.8 Å². The first-order valence-corrected chi connectivity index (χ1v) is 14.3. The standard InChI is InChI=1S/C21H26N8O10S2/c22-20-25-12(9-40-20)16(27-39-11-3-1-2-4-11)18(32)26-17-13(29(19(17)33)41(36,37)38)7-24-21(34)23-6-10-5-14(30)15(31)8-28(10)35/h5,8-9,11,13,17,31,35H,1-4,6-7H2,(H2,22,25)(H,26,32)(H2,23,24,34)(H,36,37,38)/b27-16-/t13-,17+/m1/s1. The first kappa shape index (κ1) is 29.6. The lowest BCUT2D eigenvalue weighted by Gasteiger charge is -2.44. The molecule has 2 atom stereocenters. The Morgan fingerprint density at radius 2 is 1.95 bits per heavy atom. The van der Waals surface area contributed by atoms with Gasteiger partial charge in [-0.3, -0.25) is 18.9 Å². The van der Waals surface area contributed by atoms with Gasteiger partial charge in [-0.05, 0) is 25.7 Å². The zero-order valence-corrected chi connectivity index (χ0v) is 22.7. The molecular formula is C21H26N8O10S2. The number of oxime groups is 1. The van der Waals surface area contributed by atoms with Crippen molar-refractivity contribution in [1.82, 2.24) is 30.0 Å². The fraction of sp³-hybridized carbons (Fsp3) is 0.429. The van der Waals surface area contributed by atoms with Crippen LogP contribution in [0.15, 0.2) is 27.6 Å². The minimum atomic E-state index is -5.06. The van der Waals surface area contributed by atoms with E-state index in [-0.39, 0.29) is 39.2 Å². The molecule has 222 valence electrons. The lowest BCUT2D eigenvalue weighted by molar-refractivity contribution is -0.144. The molecule has 0 bridgehead atoms. The van der Waals surface area contributed by atoms with Crippen LogP contribution in [0, 0.1) is 0 Å². The highest BCUT2D eigenvalue weighted by Crippen LogP contribution is 2.24. The average Bonchev–Trinajstić information content (AvgIpc) is 3.57.